The monoisotopic (exact) mass is 340 g/mol. The second kappa shape index (κ2) is 7.88. The fourth-order valence-corrected chi connectivity index (χ4v) is 2.71. The number of thiophene rings is 1. The Morgan fingerprint density at radius 1 is 0.917 bits per heavy atom. The lowest BCUT2D eigenvalue weighted by Gasteiger charge is -2.17. The largest absolute Gasteiger partial charge is 0.457 e. The van der Waals surface area contributed by atoms with Gasteiger partial charge in [0.25, 0.3) is 0 Å². The number of carbonyl (C=O) groups excluding carboxylic acids is 2. The normalized spacial score (nSPS) is 12.0. The van der Waals surface area contributed by atoms with E-state index in [1.165, 1.54) is 17.4 Å². The predicted octanol–water partition coefficient (Wildman–Crippen LogP) is 5.00. The first-order valence-corrected chi connectivity index (χ1v) is 8.43. The van der Waals surface area contributed by atoms with E-state index in [9.17, 15) is 9.59 Å². The summed E-state index contributed by atoms with van der Waals surface area (Å²) in [6, 6.07) is 12.9. The molecule has 24 heavy (non-hydrogen) atoms. The van der Waals surface area contributed by atoms with Crippen LogP contribution in [-0.4, -0.2) is 17.4 Å². The van der Waals surface area contributed by atoms with Gasteiger partial charge in [0.15, 0.2) is 5.78 Å². The van der Waals surface area contributed by atoms with Crippen LogP contribution in [0.25, 0.3) is 12.2 Å². The fourth-order valence-electron chi connectivity index (χ4n) is 1.89. The zero-order chi connectivity index (χ0) is 17.6. The number of esters is 1. The number of benzene rings is 1. The maximum atomic E-state index is 12.0. The molecule has 0 unspecified atom stereocenters. The van der Waals surface area contributed by atoms with Crippen molar-refractivity contribution in [2.45, 2.75) is 26.4 Å². The van der Waals surface area contributed by atoms with Crippen LogP contribution in [0.4, 0.5) is 0 Å². The van der Waals surface area contributed by atoms with Crippen LogP contribution in [0.3, 0.4) is 0 Å². The van der Waals surface area contributed by atoms with Gasteiger partial charge >= 0.3 is 5.97 Å². The molecule has 0 N–H and O–H groups in total. The molecule has 0 aliphatic heterocycles. The van der Waals surface area contributed by atoms with Gasteiger partial charge in [-0.3, -0.25) is 4.79 Å². The van der Waals surface area contributed by atoms with Gasteiger partial charge < -0.3 is 4.74 Å². The summed E-state index contributed by atoms with van der Waals surface area (Å²) in [6.45, 7) is 5.49. The van der Waals surface area contributed by atoms with Crippen molar-refractivity contribution in [1.29, 1.82) is 0 Å². The van der Waals surface area contributed by atoms with Gasteiger partial charge in [0.2, 0.25) is 0 Å². The SMILES string of the molecule is CC(C)(C)OC(=O)/C=C/c1ccc(/C=C/C(=O)c2ccccc2)s1. The van der Waals surface area contributed by atoms with Crippen molar-refractivity contribution in [2.75, 3.05) is 0 Å². The molecular formula is C20H20O3S. The summed E-state index contributed by atoms with van der Waals surface area (Å²) in [5.41, 5.74) is 0.165. The molecule has 0 bridgehead atoms. The van der Waals surface area contributed by atoms with E-state index >= 15 is 0 Å². The fraction of sp³-hybridized carbons (Fsp3) is 0.200. The van der Waals surface area contributed by atoms with Crippen LogP contribution in [-0.2, 0) is 9.53 Å². The Balaban J connectivity index is 1.97. The number of ether oxygens (including phenoxy) is 1. The summed E-state index contributed by atoms with van der Waals surface area (Å²) in [4.78, 5) is 25.5. The van der Waals surface area contributed by atoms with Gasteiger partial charge in [0.05, 0.1) is 0 Å². The van der Waals surface area contributed by atoms with E-state index in [0.29, 0.717) is 5.56 Å². The molecule has 1 aromatic heterocycles. The molecule has 4 heteroatoms. The summed E-state index contributed by atoms with van der Waals surface area (Å²) >= 11 is 1.50. The van der Waals surface area contributed by atoms with E-state index in [-0.39, 0.29) is 11.8 Å². The van der Waals surface area contributed by atoms with E-state index in [4.69, 9.17) is 4.74 Å². The van der Waals surface area contributed by atoms with Crippen molar-refractivity contribution >= 4 is 35.2 Å². The molecule has 0 radical (unpaired) electrons. The molecule has 1 aromatic carbocycles. The Morgan fingerprint density at radius 3 is 2.08 bits per heavy atom. The van der Waals surface area contributed by atoms with Crippen LogP contribution in [0.1, 0.15) is 40.9 Å². The van der Waals surface area contributed by atoms with Gasteiger partial charge in [-0.25, -0.2) is 4.79 Å². The predicted molar refractivity (Wildman–Crippen MR) is 99.0 cm³/mol. The minimum atomic E-state index is -0.497. The standard InChI is InChI=1S/C20H20O3S/c1-20(2,3)23-19(22)14-12-17-10-9-16(24-17)11-13-18(21)15-7-5-4-6-8-15/h4-14H,1-3H3/b13-11+,14-12+. The molecule has 3 nitrogen and oxygen atoms in total. The Kier molecular flexibility index (Phi) is 5.88. The number of allylic oxidation sites excluding steroid dienone is 1. The maximum Gasteiger partial charge on any atom is 0.331 e. The summed E-state index contributed by atoms with van der Waals surface area (Å²) in [6.07, 6.45) is 6.47. The molecule has 1 heterocycles. The van der Waals surface area contributed by atoms with E-state index in [0.717, 1.165) is 9.75 Å². The number of carbonyl (C=O) groups is 2. The Morgan fingerprint density at radius 2 is 1.50 bits per heavy atom. The maximum absolute atomic E-state index is 12.0. The first-order chi connectivity index (χ1) is 11.3. The van der Waals surface area contributed by atoms with Gasteiger partial charge in [-0.05, 0) is 51.1 Å². The van der Waals surface area contributed by atoms with Crippen molar-refractivity contribution in [2.24, 2.45) is 0 Å². The lowest BCUT2D eigenvalue weighted by molar-refractivity contribution is -0.148. The number of ketones is 1. The second-order valence-electron chi connectivity index (χ2n) is 6.17. The van der Waals surface area contributed by atoms with Crippen molar-refractivity contribution in [3.05, 3.63) is 69.9 Å². The van der Waals surface area contributed by atoms with Crippen molar-refractivity contribution in [1.82, 2.24) is 0 Å². The van der Waals surface area contributed by atoms with Gasteiger partial charge in [-0.2, -0.15) is 0 Å². The number of rotatable bonds is 5. The van der Waals surface area contributed by atoms with Gasteiger partial charge in [0, 0.05) is 21.4 Å². The minimum Gasteiger partial charge on any atom is -0.457 e. The van der Waals surface area contributed by atoms with E-state index < -0.39 is 5.60 Å². The van der Waals surface area contributed by atoms with Crippen molar-refractivity contribution in [3.63, 3.8) is 0 Å². The Labute approximate surface area is 146 Å². The van der Waals surface area contributed by atoms with Crippen LogP contribution < -0.4 is 0 Å². The third kappa shape index (κ3) is 5.97. The third-order valence-corrected chi connectivity index (χ3v) is 3.91. The van der Waals surface area contributed by atoms with Crippen molar-refractivity contribution < 1.29 is 14.3 Å². The zero-order valence-corrected chi connectivity index (χ0v) is 14.8. The highest BCUT2D eigenvalue weighted by Gasteiger charge is 2.13. The molecular weight excluding hydrogens is 320 g/mol. The quantitative estimate of drug-likeness (QED) is 0.437. The van der Waals surface area contributed by atoms with E-state index in [1.807, 2.05) is 51.1 Å². The van der Waals surface area contributed by atoms with Crippen LogP contribution in [0.15, 0.2) is 54.6 Å². The van der Waals surface area contributed by atoms with Gasteiger partial charge in [-0.1, -0.05) is 30.3 Å². The van der Waals surface area contributed by atoms with Gasteiger partial charge in [0.1, 0.15) is 5.60 Å². The Bertz CT molecular complexity index is 762. The number of hydrogen-bond acceptors (Lipinski definition) is 4. The number of hydrogen-bond donors (Lipinski definition) is 0. The van der Waals surface area contributed by atoms with E-state index in [1.54, 1.807) is 30.4 Å². The topological polar surface area (TPSA) is 43.4 Å². The molecule has 0 fully saturated rings. The van der Waals surface area contributed by atoms with Crippen LogP contribution >= 0.6 is 11.3 Å². The second-order valence-corrected chi connectivity index (χ2v) is 7.32. The Hall–Kier alpha value is -2.46. The van der Waals surface area contributed by atoms with E-state index in [2.05, 4.69) is 0 Å². The van der Waals surface area contributed by atoms with Crippen LogP contribution in [0, 0.1) is 0 Å². The molecule has 0 saturated heterocycles. The summed E-state index contributed by atoms with van der Waals surface area (Å²) in [5.74, 6) is -0.401. The summed E-state index contributed by atoms with van der Waals surface area (Å²) in [5, 5.41) is 0. The average molecular weight is 340 g/mol. The minimum absolute atomic E-state index is 0.0325. The zero-order valence-electron chi connectivity index (χ0n) is 14.0. The molecule has 2 rings (SSSR count). The smallest absolute Gasteiger partial charge is 0.331 e. The van der Waals surface area contributed by atoms with Crippen LogP contribution in [0.5, 0.6) is 0 Å². The highest BCUT2D eigenvalue weighted by Crippen LogP contribution is 2.20. The molecule has 0 aliphatic carbocycles. The van der Waals surface area contributed by atoms with Crippen molar-refractivity contribution in [3.8, 4) is 0 Å². The van der Waals surface area contributed by atoms with Crippen LogP contribution in [0.2, 0.25) is 0 Å². The highest BCUT2D eigenvalue weighted by molar-refractivity contribution is 7.13. The molecule has 124 valence electrons. The molecule has 0 atom stereocenters. The average Bonchev–Trinajstić information content (AvgIpc) is 2.98. The lowest BCUT2D eigenvalue weighted by atomic mass is 10.1. The third-order valence-electron chi connectivity index (χ3n) is 2.90. The molecule has 0 aliphatic rings. The molecule has 0 amide bonds. The van der Waals surface area contributed by atoms with Gasteiger partial charge in [-0.15, -0.1) is 11.3 Å². The molecule has 0 spiro atoms. The lowest BCUT2D eigenvalue weighted by Crippen LogP contribution is -2.22. The molecule has 2 aromatic rings. The first kappa shape index (κ1) is 17.9. The molecule has 0 saturated carbocycles. The highest BCUT2D eigenvalue weighted by atomic mass is 32.1. The summed E-state index contributed by atoms with van der Waals surface area (Å²) < 4.78 is 5.21. The summed E-state index contributed by atoms with van der Waals surface area (Å²) in [7, 11) is 0. The first-order valence-electron chi connectivity index (χ1n) is 7.62.